The molecule has 0 aromatic heterocycles. The first-order valence-electron chi connectivity index (χ1n) is 8.75. The number of hydrogen-bond donors (Lipinski definition) is 1. The smallest absolute Gasteiger partial charge is 0.0208 e. The van der Waals surface area contributed by atoms with Crippen LogP contribution < -0.4 is 5.32 Å². The molecule has 2 nitrogen and oxygen atoms in total. The van der Waals surface area contributed by atoms with Crippen LogP contribution in [0.5, 0.6) is 0 Å². The van der Waals surface area contributed by atoms with Gasteiger partial charge < -0.3 is 10.2 Å². The Hall–Kier alpha value is -0.280. The van der Waals surface area contributed by atoms with Crippen LogP contribution >= 0.6 is 24.8 Å². The molecule has 0 atom stereocenters. The van der Waals surface area contributed by atoms with Gasteiger partial charge in [0, 0.05) is 6.54 Å². The van der Waals surface area contributed by atoms with Crippen LogP contribution in [0.2, 0.25) is 0 Å². The SMILES string of the molecule is CCCCN(CCCC)CCCNCc1ccccc1C.Cl.Cl. The van der Waals surface area contributed by atoms with E-state index in [1.54, 1.807) is 0 Å². The molecule has 1 N–H and O–H groups in total. The molecule has 0 aliphatic rings. The minimum Gasteiger partial charge on any atom is -0.313 e. The number of benzene rings is 1. The third-order valence-electron chi connectivity index (χ3n) is 4.06. The fourth-order valence-corrected chi connectivity index (χ4v) is 2.56. The lowest BCUT2D eigenvalue weighted by molar-refractivity contribution is 0.261. The lowest BCUT2D eigenvalue weighted by atomic mass is 10.1. The van der Waals surface area contributed by atoms with E-state index < -0.39 is 0 Å². The summed E-state index contributed by atoms with van der Waals surface area (Å²) in [5, 5.41) is 3.58. The largest absolute Gasteiger partial charge is 0.313 e. The standard InChI is InChI=1S/C19H34N2.2ClH/c1-4-6-14-21(15-7-5-2)16-10-13-20-17-19-12-9-8-11-18(19)3;;/h8-9,11-12,20H,4-7,10,13-17H2,1-3H3;2*1H. The minimum absolute atomic E-state index is 0. The van der Waals surface area contributed by atoms with E-state index in [2.05, 4.69) is 55.3 Å². The summed E-state index contributed by atoms with van der Waals surface area (Å²) < 4.78 is 0. The Labute approximate surface area is 156 Å². The molecule has 0 spiro atoms. The summed E-state index contributed by atoms with van der Waals surface area (Å²) in [5.74, 6) is 0. The molecule has 0 aliphatic heterocycles. The molecule has 0 fully saturated rings. The highest BCUT2D eigenvalue weighted by Gasteiger charge is 2.03. The number of rotatable bonds is 12. The molecule has 1 aromatic rings. The molecule has 0 saturated carbocycles. The van der Waals surface area contributed by atoms with Crippen LogP contribution in [0.25, 0.3) is 0 Å². The molecule has 0 aliphatic carbocycles. The predicted octanol–water partition coefficient (Wildman–Crippen LogP) is 5.22. The molecule has 23 heavy (non-hydrogen) atoms. The second kappa shape index (κ2) is 16.6. The zero-order chi connectivity index (χ0) is 15.3. The van der Waals surface area contributed by atoms with Crippen molar-refractivity contribution >= 4 is 24.8 Å². The van der Waals surface area contributed by atoms with Gasteiger partial charge in [0.1, 0.15) is 0 Å². The van der Waals surface area contributed by atoms with Crippen LogP contribution in [-0.4, -0.2) is 31.1 Å². The Bertz CT molecular complexity index is 364. The Balaban J connectivity index is 0. The lowest BCUT2D eigenvalue weighted by Gasteiger charge is -2.22. The molecule has 1 rings (SSSR count). The fourth-order valence-electron chi connectivity index (χ4n) is 2.56. The molecular formula is C19H36Cl2N2. The van der Waals surface area contributed by atoms with Crippen molar-refractivity contribution in [2.45, 2.75) is 59.4 Å². The number of aryl methyl sites for hydroxylation is 1. The quantitative estimate of drug-likeness (QED) is 0.512. The molecule has 0 amide bonds. The normalized spacial score (nSPS) is 10.3. The molecule has 0 radical (unpaired) electrons. The van der Waals surface area contributed by atoms with E-state index >= 15 is 0 Å². The van der Waals surface area contributed by atoms with Gasteiger partial charge >= 0.3 is 0 Å². The zero-order valence-electron chi connectivity index (χ0n) is 15.1. The van der Waals surface area contributed by atoms with Gasteiger partial charge in [0.15, 0.2) is 0 Å². The first kappa shape index (κ1) is 25.0. The van der Waals surface area contributed by atoms with Crippen molar-refractivity contribution in [1.82, 2.24) is 10.2 Å². The van der Waals surface area contributed by atoms with Crippen molar-refractivity contribution in [2.24, 2.45) is 0 Å². The van der Waals surface area contributed by atoms with E-state index in [1.807, 2.05) is 0 Å². The fraction of sp³-hybridized carbons (Fsp3) is 0.684. The second-order valence-corrected chi connectivity index (χ2v) is 6.01. The Morgan fingerprint density at radius 1 is 0.870 bits per heavy atom. The summed E-state index contributed by atoms with van der Waals surface area (Å²) in [6, 6.07) is 8.64. The molecule has 0 saturated heterocycles. The van der Waals surface area contributed by atoms with E-state index in [-0.39, 0.29) is 24.8 Å². The number of nitrogens with one attached hydrogen (secondary N) is 1. The van der Waals surface area contributed by atoms with Gasteiger partial charge in [0.2, 0.25) is 0 Å². The Morgan fingerprint density at radius 3 is 2.00 bits per heavy atom. The number of nitrogens with zero attached hydrogens (tertiary/aromatic N) is 1. The number of halogens is 2. The summed E-state index contributed by atoms with van der Waals surface area (Å²) in [4.78, 5) is 2.64. The van der Waals surface area contributed by atoms with Gasteiger partial charge in [0.25, 0.3) is 0 Å². The zero-order valence-corrected chi connectivity index (χ0v) is 16.8. The topological polar surface area (TPSA) is 15.3 Å². The van der Waals surface area contributed by atoms with E-state index in [0.717, 1.165) is 13.1 Å². The van der Waals surface area contributed by atoms with Gasteiger partial charge in [-0.15, -0.1) is 24.8 Å². The van der Waals surface area contributed by atoms with Gasteiger partial charge in [0.05, 0.1) is 0 Å². The van der Waals surface area contributed by atoms with Crippen molar-refractivity contribution in [2.75, 3.05) is 26.2 Å². The third-order valence-corrected chi connectivity index (χ3v) is 4.06. The maximum Gasteiger partial charge on any atom is 0.0208 e. The maximum atomic E-state index is 3.58. The maximum absolute atomic E-state index is 3.58. The van der Waals surface area contributed by atoms with Gasteiger partial charge in [-0.1, -0.05) is 51.0 Å². The van der Waals surface area contributed by atoms with Crippen LogP contribution in [0.1, 0.15) is 57.1 Å². The van der Waals surface area contributed by atoms with Crippen molar-refractivity contribution in [3.63, 3.8) is 0 Å². The highest BCUT2D eigenvalue weighted by atomic mass is 35.5. The van der Waals surface area contributed by atoms with Crippen molar-refractivity contribution in [3.05, 3.63) is 35.4 Å². The average Bonchev–Trinajstić information content (AvgIpc) is 2.50. The summed E-state index contributed by atoms with van der Waals surface area (Å²) in [6.07, 6.45) is 6.52. The van der Waals surface area contributed by atoms with Crippen LogP contribution in [-0.2, 0) is 6.54 Å². The van der Waals surface area contributed by atoms with Crippen LogP contribution in [0.4, 0.5) is 0 Å². The molecule has 1 aromatic carbocycles. The van der Waals surface area contributed by atoms with E-state index in [9.17, 15) is 0 Å². The van der Waals surface area contributed by atoms with Gasteiger partial charge in [-0.05, 0) is 63.5 Å². The summed E-state index contributed by atoms with van der Waals surface area (Å²) in [5.41, 5.74) is 2.81. The van der Waals surface area contributed by atoms with Gasteiger partial charge in [-0.25, -0.2) is 0 Å². The molecular weight excluding hydrogens is 327 g/mol. The highest BCUT2D eigenvalue weighted by Crippen LogP contribution is 2.06. The van der Waals surface area contributed by atoms with Crippen LogP contribution in [0.15, 0.2) is 24.3 Å². The van der Waals surface area contributed by atoms with Crippen molar-refractivity contribution in [3.8, 4) is 0 Å². The van der Waals surface area contributed by atoms with Gasteiger partial charge in [-0.3, -0.25) is 0 Å². The Morgan fingerprint density at radius 2 is 1.43 bits per heavy atom. The highest BCUT2D eigenvalue weighted by molar-refractivity contribution is 5.85. The summed E-state index contributed by atoms with van der Waals surface area (Å²) in [6.45, 7) is 12.6. The first-order valence-corrected chi connectivity index (χ1v) is 8.75. The van der Waals surface area contributed by atoms with Crippen LogP contribution in [0.3, 0.4) is 0 Å². The van der Waals surface area contributed by atoms with Gasteiger partial charge in [-0.2, -0.15) is 0 Å². The summed E-state index contributed by atoms with van der Waals surface area (Å²) >= 11 is 0. The van der Waals surface area contributed by atoms with E-state index in [1.165, 1.54) is 62.9 Å². The third kappa shape index (κ3) is 11.8. The predicted molar refractivity (Wildman–Crippen MR) is 108 cm³/mol. The van der Waals surface area contributed by atoms with Crippen molar-refractivity contribution in [1.29, 1.82) is 0 Å². The Kier molecular flexibility index (Phi) is 18.0. The first-order chi connectivity index (χ1) is 10.3. The monoisotopic (exact) mass is 362 g/mol. The molecule has 0 unspecified atom stereocenters. The molecule has 0 heterocycles. The van der Waals surface area contributed by atoms with E-state index in [4.69, 9.17) is 0 Å². The van der Waals surface area contributed by atoms with E-state index in [0.29, 0.717) is 0 Å². The molecule has 136 valence electrons. The average molecular weight is 363 g/mol. The second-order valence-electron chi connectivity index (χ2n) is 6.01. The molecule has 0 bridgehead atoms. The lowest BCUT2D eigenvalue weighted by Crippen LogP contribution is -2.29. The molecule has 4 heteroatoms. The van der Waals surface area contributed by atoms with Crippen molar-refractivity contribution < 1.29 is 0 Å². The number of unbranched alkanes of at least 4 members (excludes halogenated alkanes) is 2. The summed E-state index contributed by atoms with van der Waals surface area (Å²) in [7, 11) is 0. The number of hydrogen-bond acceptors (Lipinski definition) is 2. The van der Waals surface area contributed by atoms with Crippen LogP contribution in [0, 0.1) is 6.92 Å². The minimum atomic E-state index is 0.